The van der Waals surface area contributed by atoms with Crippen molar-refractivity contribution in [2.75, 3.05) is 25.0 Å². The van der Waals surface area contributed by atoms with E-state index in [4.69, 9.17) is 0 Å². The lowest BCUT2D eigenvalue weighted by Crippen LogP contribution is -2.41. The molecule has 0 saturated heterocycles. The van der Waals surface area contributed by atoms with E-state index in [2.05, 4.69) is 4.98 Å². The van der Waals surface area contributed by atoms with Gasteiger partial charge in [0.25, 0.3) is 0 Å². The Hall–Kier alpha value is -2.62. The summed E-state index contributed by atoms with van der Waals surface area (Å²) in [7, 11) is -2.51. The van der Waals surface area contributed by atoms with Crippen LogP contribution in [0.3, 0.4) is 0 Å². The standard InChI is InChI=1S/C20H21N3O4S2/c1-4-23(20-21-17-7-5-6-8-18(17)28-20)19(25)13-22(3)29(26,27)16-11-9-15(10-12-16)14(2)24/h5-12H,4,13H2,1-3H3. The van der Waals surface area contributed by atoms with Gasteiger partial charge in [-0.15, -0.1) is 0 Å². The number of ketones is 1. The molecule has 9 heteroatoms. The number of carbonyl (C=O) groups is 2. The summed E-state index contributed by atoms with van der Waals surface area (Å²) in [6.45, 7) is 3.29. The molecule has 29 heavy (non-hydrogen) atoms. The third kappa shape index (κ3) is 4.36. The highest BCUT2D eigenvalue weighted by molar-refractivity contribution is 7.89. The van der Waals surface area contributed by atoms with E-state index in [1.165, 1.54) is 54.5 Å². The van der Waals surface area contributed by atoms with Crippen LogP contribution in [-0.4, -0.2) is 49.5 Å². The maximum absolute atomic E-state index is 12.8. The first-order chi connectivity index (χ1) is 13.7. The molecule has 7 nitrogen and oxygen atoms in total. The highest BCUT2D eigenvalue weighted by atomic mass is 32.2. The second kappa shape index (κ2) is 8.40. The van der Waals surface area contributed by atoms with Crippen LogP contribution in [0.4, 0.5) is 5.13 Å². The summed E-state index contributed by atoms with van der Waals surface area (Å²) < 4.78 is 27.6. The SMILES string of the molecule is CCN(C(=O)CN(C)S(=O)(=O)c1ccc(C(C)=O)cc1)c1nc2ccccc2s1. The van der Waals surface area contributed by atoms with E-state index in [9.17, 15) is 18.0 Å². The molecule has 0 aliphatic heterocycles. The molecule has 0 unspecified atom stereocenters. The number of likely N-dealkylation sites (N-methyl/N-ethyl adjacent to an activating group) is 2. The first-order valence-electron chi connectivity index (χ1n) is 8.97. The maximum Gasteiger partial charge on any atom is 0.244 e. The van der Waals surface area contributed by atoms with Crippen molar-refractivity contribution in [3.05, 3.63) is 54.1 Å². The monoisotopic (exact) mass is 431 g/mol. The summed E-state index contributed by atoms with van der Waals surface area (Å²) in [5.74, 6) is -0.509. The van der Waals surface area contributed by atoms with Gasteiger partial charge in [0.15, 0.2) is 10.9 Å². The van der Waals surface area contributed by atoms with Crippen molar-refractivity contribution in [1.29, 1.82) is 0 Å². The normalized spacial score (nSPS) is 11.7. The van der Waals surface area contributed by atoms with Crippen LogP contribution >= 0.6 is 11.3 Å². The van der Waals surface area contributed by atoms with Crippen molar-refractivity contribution >= 4 is 48.4 Å². The molecule has 0 fully saturated rings. The number of amides is 1. The molecule has 0 aliphatic carbocycles. The Morgan fingerprint density at radius 1 is 1.07 bits per heavy atom. The van der Waals surface area contributed by atoms with E-state index in [0.29, 0.717) is 17.2 Å². The van der Waals surface area contributed by atoms with Crippen molar-refractivity contribution in [2.45, 2.75) is 18.7 Å². The van der Waals surface area contributed by atoms with Crippen LogP contribution in [-0.2, 0) is 14.8 Å². The van der Waals surface area contributed by atoms with Gasteiger partial charge in [0.05, 0.1) is 21.7 Å². The predicted molar refractivity (Wildman–Crippen MR) is 114 cm³/mol. The van der Waals surface area contributed by atoms with Gasteiger partial charge in [-0.1, -0.05) is 35.6 Å². The van der Waals surface area contributed by atoms with Gasteiger partial charge < -0.3 is 0 Å². The maximum atomic E-state index is 12.8. The van der Waals surface area contributed by atoms with E-state index in [1.54, 1.807) is 0 Å². The fourth-order valence-corrected chi connectivity index (χ4v) is 4.96. The van der Waals surface area contributed by atoms with Crippen molar-refractivity contribution < 1.29 is 18.0 Å². The minimum atomic E-state index is -3.87. The zero-order valence-electron chi connectivity index (χ0n) is 16.3. The van der Waals surface area contributed by atoms with Crippen molar-refractivity contribution in [2.24, 2.45) is 0 Å². The number of hydrogen-bond donors (Lipinski definition) is 0. The molecule has 0 radical (unpaired) electrons. The Labute approximate surface area is 173 Å². The Morgan fingerprint density at radius 2 is 1.72 bits per heavy atom. The summed E-state index contributed by atoms with van der Waals surface area (Å²) in [6, 6.07) is 13.2. The minimum absolute atomic E-state index is 0.0286. The minimum Gasteiger partial charge on any atom is -0.295 e. The molecule has 1 heterocycles. The van der Waals surface area contributed by atoms with Crippen LogP contribution < -0.4 is 4.90 Å². The number of para-hydroxylation sites is 1. The largest absolute Gasteiger partial charge is 0.295 e. The average Bonchev–Trinajstić information content (AvgIpc) is 3.12. The van der Waals surface area contributed by atoms with Crippen LogP contribution in [0.15, 0.2) is 53.4 Å². The van der Waals surface area contributed by atoms with Gasteiger partial charge in [0.1, 0.15) is 0 Å². The molecule has 0 atom stereocenters. The van der Waals surface area contributed by atoms with Crippen LogP contribution in [0.5, 0.6) is 0 Å². The third-order valence-electron chi connectivity index (χ3n) is 4.46. The van der Waals surface area contributed by atoms with E-state index in [-0.39, 0.29) is 23.1 Å². The molecule has 3 aromatic rings. The summed E-state index contributed by atoms with van der Waals surface area (Å²) in [6.07, 6.45) is 0. The van der Waals surface area contributed by atoms with Gasteiger partial charge in [-0.2, -0.15) is 4.31 Å². The first-order valence-corrected chi connectivity index (χ1v) is 11.2. The zero-order chi connectivity index (χ0) is 21.2. The Balaban J connectivity index is 1.79. The smallest absolute Gasteiger partial charge is 0.244 e. The number of benzene rings is 2. The Morgan fingerprint density at radius 3 is 2.31 bits per heavy atom. The summed E-state index contributed by atoms with van der Waals surface area (Å²) in [4.78, 5) is 30.2. The van der Waals surface area contributed by atoms with Gasteiger partial charge >= 0.3 is 0 Å². The second-order valence-electron chi connectivity index (χ2n) is 6.44. The summed E-state index contributed by atoms with van der Waals surface area (Å²) >= 11 is 1.39. The summed E-state index contributed by atoms with van der Waals surface area (Å²) in [5.41, 5.74) is 1.22. The number of rotatable bonds is 7. The molecule has 0 aliphatic rings. The van der Waals surface area contributed by atoms with Crippen LogP contribution in [0.2, 0.25) is 0 Å². The molecule has 152 valence electrons. The van der Waals surface area contributed by atoms with Crippen LogP contribution in [0.25, 0.3) is 10.2 Å². The van der Waals surface area contributed by atoms with Gasteiger partial charge in [-0.3, -0.25) is 14.5 Å². The number of nitrogens with zero attached hydrogens (tertiary/aromatic N) is 3. The molecule has 0 spiro atoms. The number of aromatic nitrogens is 1. The number of thiazole rings is 1. The molecular formula is C20H21N3O4S2. The lowest BCUT2D eigenvalue weighted by molar-refractivity contribution is -0.118. The second-order valence-corrected chi connectivity index (χ2v) is 9.50. The molecular weight excluding hydrogens is 410 g/mol. The average molecular weight is 432 g/mol. The summed E-state index contributed by atoms with van der Waals surface area (Å²) in [5, 5.41) is 0.537. The van der Waals surface area contributed by atoms with Crippen LogP contribution in [0, 0.1) is 0 Å². The highest BCUT2D eigenvalue weighted by Gasteiger charge is 2.26. The fraction of sp³-hybridized carbons (Fsp3) is 0.250. The number of Topliss-reactive ketones (excluding diaryl/α,β-unsaturated/α-hetero) is 1. The predicted octanol–water partition coefficient (Wildman–Crippen LogP) is 3.17. The molecule has 1 aromatic heterocycles. The number of hydrogen-bond acceptors (Lipinski definition) is 6. The van der Waals surface area contributed by atoms with Gasteiger partial charge in [-0.25, -0.2) is 13.4 Å². The molecule has 3 rings (SSSR count). The van der Waals surface area contributed by atoms with Crippen molar-refractivity contribution in [1.82, 2.24) is 9.29 Å². The third-order valence-corrected chi connectivity index (χ3v) is 7.33. The van der Waals surface area contributed by atoms with E-state index in [1.807, 2.05) is 31.2 Å². The Kier molecular flexibility index (Phi) is 6.11. The topological polar surface area (TPSA) is 87.7 Å². The lowest BCUT2D eigenvalue weighted by atomic mass is 10.2. The van der Waals surface area contributed by atoms with E-state index < -0.39 is 10.0 Å². The van der Waals surface area contributed by atoms with Crippen LogP contribution in [0.1, 0.15) is 24.2 Å². The van der Waals surface area contributed by atoms with Crippen molar-refractivity contribution in [3.63, 3.8) is 0 Å². The highest BCUT2D eigenvalue weighted by Crippen LogP contribution is 2.28. The molecule has 0 saturated carbocycles. The fourth-order valence-electron chi connectivity index (χ4n) is 2.80. The first kappa shape index (κ1) is 21.1. The number of carbonyl (C=O) groups excluding carboxylic acids is 2. The number of anilines is 1. The van der Waals surface area contributed by atoms with Crippen molar-refractivity contribution in [3.8, 4) is 0 Å². The van der Waals surface area contributed by atoms with Gasteiger partial charge in [0, 0.05) is 19.2 Å². The van der Waals surface area contributed by atoms with E-state index in [0.717, 1.165) is 14.5 Å². The lowest BCUT2D eigenvalue weighted by Gasteiger charge is -2.22. The number of fused-ring (bicyclic) bond motifs is 1. The Bertz CT molecular complexity index is 1120. The number of sulfonamides is 1. The zero-order valence-corrected chi connectivity index (χ0v) is 18.0. The quantitative estimate of drug-likeness (QED) is 0.536. The molecule has 0 bridgehead atoms. The van der Waals surface area contributed by atoms with Gasteiger partial charge in [-0.05, 0) is 38.1 Å². The van der Waals surface area contributed by atoms with Gasteiger partial charge in [0.2, 0.25) is 15.9 Å². The molecule has 0 N–H and O–H groups in total. The molecule has 2 aromatic carbocycles. The molecule has 1 amide bonds. The van der Waals surface area contributed by atoms with E-state index >= 15 is 0 Å².